The molecule has 120 valence electrons. The van der Waals surface area contributed by atoms with Crippen LogP contribution in [0.4, 0.5) is 0 Å². The third-order valence-electron chi connectivity index (χ3n) is 3.19. The average molecular weight is 366 g/mol. The van der Waals surface area contributed by atoms with Gasteiger partial charge in [0.15, 0.2) is 5.58 Å². The molecular formula is C13H13Cl2NO5S. The number of furan rings is 1. The van der Waals surface area contributed by atoms with Crippen molar-refractivity contribution in [2.24, 2.45) is 0 Å². The zero-order valence-electron chi connectivity index (χ0n) is 11.8. The summed E-state index contributed by atoms with van der Waals surface area (Å²) in [5.41, 5.74) is 0.0440. The van der Waals surface area contributed by atoms with Crippen LogP contribution in [-0.4, -0.2) is 36.9 Å². The molecule has 0 aliphatic heterocycles. The molecule has 1 aromatic heterocycles. The fourth-order valence-electron chi connectivity index (χ4n) is 2.09. The van der Waals surface area contributed by atoms with Gasteiger partial charge in [0.25, 0.3) is 0 Å². The van der Waals surface area contributed by atoms with E-state index >= 15 is 0 Å². The van der Waals surface area contributed by atoms with E-state index in [0.29, 0.717) is 0 Å². The van der Waals surface area contributed by atoms with Gasteiger partial charge in [0.05, 0.1) is 5.02 Å². The molecule has 1 N–H and O–H groups in total. The van der Waals surface area contributed by atoms with Crippen molar-refractivity contribution in [1.82, 2.24) is 4.31 Å². The van der Waals surface area contributed by atoms with Crippen LogP contribution in [0.15, 0.2) is 21.4 Å². The quantitative estimate of drug-likeness (QED) is 0.876. The highest BCUT2D eigenvalue weighted by atomic mass is 35.5. The summed E-state index contributed by atoms with van der Waals surface area (Å²) in [6.07, 6.45) is 0. The van der Waals surface area contributed by atoms with Gasteiger partial charge in [-0.1, -0.05) is 37.0 Å². The maximum absolute atomic E-state index is 12.6. The van der Waals surface area contributed by atoms with Crippen LogP contribution in [-0.2, 0) is 10.0 Å². The minimum absolute atomic E-state index is 0.0440. The van der Waals surface area contributed by atoms with Crippen molar-refractivity contribution in [3.8, 4) is 0 Å². The second-order valence-corrected chi connectivity index (χ2v) is 7.09. The molecule has 0 atom stereocenters. The van der Waals surface area contributed by atoms with Gasteiger partial charge in [-0.3, -0.25) is 0 Å². The molecule has 2 aromatic rings. The summed E-state index contributed by atoms with van der Waals surface area (Å²) in [6.45, 7) is 3.96. The number of carboxylic acid groups (broad SMARTS) is 1. The van der Waals surface area contributed by atoms with Gasteiger partial charge >= 0.3 is 5.97 Å². The highest BCUT2D eigenvalue weighted by Gasteiger charge is 2.28. The van der Waals surface area contributed by atoms with E-state index in [-0.39, 0.29) is 44.8 Å². The lowest BCUT2D eigenvalue weighted by atomic mass is 10.2. The lowest BCUT2D eigenvalue weighted by Crippen LogP contribution is -2.30. The number of sulfonamides is 1. The Hall–Kier alpha value is -1.28. The summed E-state index contributed by atoms with van der Waals surface area (Å²) in [5, 5.41) is 8.89. The van der Waals surface area contributed by atoms with Gasteiger partial charge in [-0.2, -0.15) is 4.31 Å². The summed E-state index contributed by atoms with van der Waals surface area (Å²) in [6, 6.07) is 2.48. The van der Waals surface area contributed by atoms with Crippen LogP contribution in [0, 0.1) is 0 Å². The first-order chi connectivity index (χ1) is 10.2. The lowest BCUT2D eigenvalue weighted by molar-refractivity contribution is 0.0665. The van der Waals surface area contributed by atoms with Crippen molar-refractivity contribution in [3.63, 3.8) is 0 Å². The Morgan fingerprint density at radius 3 is 2.32 bits per heavy atom. The van der Waals surface area contributed by atoms with Crippen molar-refractivity contribution in [2.75, 3.05) is 13.1 Å². The summed E-state index contributed by atoms with van der Waals surface area (Å²) < 4.78 is 31.5. The summed E-state index contributed by atoms with van der Waals surface area (Å²) in [7, 11) is -3.83. The van der Waals surface area contributed by atoms with Gasteiger partial charge in [-0.15, -0.1) is 0 Å². The standard InChI is InChI=1S/C13H13Cl2NO5S/c1-3-16(4-2)22(19,20)9-6-7-5-8(13(17)18)21-12(7)11(15)10(9)14/h5-6H,3-4H2,1-2H3,(H,17,18). The first-order valence-electron chi connectivity index (χ1n) is 6.39. The first kappa shape index (κ1) is 17.1. The Morgan fingerprint density at radius 1 is 1.23 bits per heavy atom. The summed E-state index contributed by atoms with van der Waals surface area (Å²) in [5.74, 6) is -1.62. The van der Waals surface area contributed by atoms with Crippen molar-refractivity contribution in [1.29, 1.82) is 0 Å². The molecule has 2 rings (SSSR count). The minimum atomic E-state index is -3.83. The second-order valence-electron chi connectivity index (χ2n) is 4.43. The number of nitrogens with zero attached hydrogens (tertiary/aromatic N) is 1. The smallest absolute Gasteiger partial charge is 0.371 e. The number of hydrogen-bond acceptors (Lipinski definition) is 4. The number of carboxylic acids is 1. The van der Waals surface area contributed by atoms with Crippen molar-refractivity contribution < 1.29 is 22.7 Å². The average Bonchev–Trinajstić information content (AvgIpc) is 2.88. The van der Waals surface area contributed by atoms with Crippen LogP contribution in [0.3, 0.4) is 0 Å². The number of rotatable bonds is 5. The Bertz CT molecular complexity index is 840. The van der Waals surface area contributed by atoms with E-state index in [1.165, 1.54) is 16.4 Å². The summed E-state index contributed by atoms with van der Waals surface area (Å²) in [4.78, 5) is 10.8. The van der Waals surface area contributed by atoms with Gasteiger partial charge in [-0.25, -0.2) is 13.2 Å². The number of carbonyl (C=O) groups is 1. The number of aromatic carboxylic acids is 1. The molecule has 0 fully saturated rings. The number of hydrogen-bond donors (Lipinski definition) is 1. The highest BCUT2D eigenvalue weighted by molar-refractivity contribution is 7.89. The fourth-order valence-corrected chi connectivity index (χ4v) is 4.39. The third-order valence-corrected chi connectivity index (χ3v) is 6.23. The predicted molar refractivity (Wildman–Crippen MR) is 83.3 cm³/mol. The van der Waals surface area contributed by atoms with Crippen molar-refractivity contribution in [3.05, 3.63) is 27.9 Å². The Balaban J connectivity index is 2.75. The fraction of sp³-hybridized carbons (Fsp3) is 0.308. The van der Waals surface area contributed by atoms with E-state index in [9.17, 15) is 13.2 Å². The van der Waals surface area contributed by atoms with Gasteiger partial charge < -0.3 is 9.52 Å². The molecule has 22 heavy (non-hydrogen) atoms. The molecule has 0 radical (unpaired) electrons. The molecule has 0 bridgehead atoms. The first-order valence-corrected chi connectivity index (χ1v) is 8.58. The topological polar surface area (TPSA) is 87.8 Å². The van der Waals surface area contributed by atoms with Crippen LogP contribution in [0.5, 0.6) is 0 Å². The van der Waals surface area contributed by atoms with Gasteiger partial charge in [-0.05, 0) is 12.1 Å². The molecule has 0 saturated carbocycles. The van der Waals surface area contributed by atoms with E-state index in [0.717, 1.165) is 0 Å². The zero-order valence-corrected chi connectivity index (χ0v) is 14.1. The monoisotopic (exact) mass is 365 g/mol. The molecule has 0 saturated heterocycles. The Labute approximate surface area is 137 Å². The second kappa shape index (κ2) is 6.08. The van der Waals surface area contributed by atoms with Crippen LogP contribution in [0.25, 0.3) is 11.0 Å². The van der Waals surface area contributed by atoms with E-state index in [4.69, 9.17) is 32.7 Å². The summed E-state index contributed by atoms with van der Waals surface area (Å²) >= 11 is 12.1. The zero-order chi connectivity index (χ0) is 16.7. The van der Waals surface area contributed by atoms with Crippen LogP contribution >= 0.6 is 23.2 Å². The number of benzene rings is 1. The Kier molecular flexibility index (Phi) is 4.72. The van der Waals surface area contributed by atoms with E-state index in [1.807, 2.05) is 0 Å². The minimum Gasteiger partial charge on any atom is -0.475 e. The molecule has 0 unspecified atom stereocenters. The maximum atomic E-state index is 12.6. The van der Waals surface area contributed by atoms with Crippen LogP contribution in [0.2, 0.25) is 10.0 Å². The number of fused-ring (bicyclic) bond motifs is 1. The third kappa shape index (κ3) is 2.69. The lowest BCUT2D eigenvalue weighted by Gasteiger charge is -2.19. The molecule has 0 aliphatic rings. The molecular weight excluding hydrogens is 353 g/mol. The maximum Gasteiger partial charge on any atom is 0.371 e. The normalized spacial score (nSPS) is 12.2. The highest BCUT2D eigenvalue weighted by Crippen LogP contribution is 2.38. The molecule has 9 heteroatoms. The van der Waals surface area contributed by atoms with Gasteiger partial charge in [0.1, 0.15) is 9.92 Å². The van der Waals surface area contributed by atoms with Gasteiger partial charge in [0, 0.05) is 18.5 Å². The number of halogens is 2. The van der Waals surface area contributed by atoms with Crippen LogP contribution < -0.4 is 0 Å². The predicted octanol–water partition coefficient (Wildman–Crippen LogP) is 3.47. The molecule has 1 heterocycles. The SMILES string of the molecule is CCN(CC)S(=O)(=O)c1cc2cc(C(=O)O)oc2c(Cl)c1Cl. The molecule has 1 aromatic carbocycles. The molecule has 0 aliphatic carbocycles. The van der Waals surface area contributed by atoms with E-state index in [2.05, 4.69) is 0 Å². The van der Waals surface area contributed by atoms with E-state index < -0.39 is 16.0 Å². The Morgan fingerprint density at radius 2 is 1.82 bits per heavy atom. The molecule has 0 spiro atoms. The van der Waals surface area contributed by atoms with Crippen LogP contribution in [0.1, 0.15) is 24.4 Å². The van der Waals surface area contributed by atoms with Gasteiger partial charge in [0.2, 0.25) is 15.8 Å². The van der Waals surface area contributed by atoms with Crippen molar-refractivity contribution >= 4 is 50.2 Å². The largest absolute Gasteiger partial charge is 0.475 e. The molecule has 6 nitrogen and oxygen atoms in total. The van der Waals surface area contributed by atoms with Crippen molar-refractivity contribution in [2.45, 2.75) is 18.7 Å². The molecule has 0 amide bonds. The van der Waals surface area contributed by atoms with E-state index in [1.54, 1.807) is 13.8 Å².